The average molecular weight is 264 g/mol. The molecule has 2 aromatic rings. The van der Waals surface area contributed by atoms with Gasteiger partial charge in [0.2, 0.25) is 0 Å². The van der Waals surface area contributed by atoms with Crippen LogP contribution in [-0.2, 0) is 12.8 Å². The van der Waals surface area contributed by atoms with Crippen LogP contribution in [0.25, 0.3) is 11.3 Å². The van der Waals surface area contributed by atoms with Gasteiger partial charge < -0.3 is 10.5 Å². The Morgan fingerprint density at radius 3 is 3.17 bits per heavy atom. The highest BCUT2D eigenvalue weighted by molar-refractivity contribution is 7.12. The first-order valence-electron chi connectivity index (χ1n) is 5.89. The molecule has 1 aromatic heterocycles. The van der Waals surface area contributed by atoms with Gasteiger partial charge in [-0.2, -0.15) is 0 Å². The second-order valence-electron chi connectivity index (χ2n) is 4.16. The Bertz CT molecular complexity index is 582. The Labute approximate surface area is 108 Å². The summed E-state index contributed by atoms with van der Waals surface area (Å²) in [6.45, 7) is 1.16. The normalized spacial score (nSPS) is 13.4. The lowest BCUT2D eigenvalue weighted by Crippen LogP contribution is -2.02. The number of thiazole rings is 1. The third-order valence-electron chi connectivity index (χ3n) is 2.89. The van der Waals surface area contributed by atoms with Crippen molar-refractivity contribution < 1.29 is 9.13 Å². The SMILES string of the molecule is NCCc1nc2c(s1)CCOc1cc(F)ccc1-2. The van der Waals surface area contributed by atoms with Gasteiger partial charge >= 0.3 is 0 Å². The van der Waals surface area contributed by atoms with Crippen molar-refractivity contribution in [2.75, 3.05) is 13.2 Å². The number of rotatable bonds is 2. The van der Waals surface area contributed by atoms with Gasteiger partial charge in [-0.05, 0) is 18.7 Å². The molecule has 0 saturated heterocycles. The molecule has 0 aliphatic carbocycles. The van der Waals surface area contributed by atoms with Crippen molar-refractivity contribution in [2.45, 2.75) is 12.8 Å². The van der Waals surface area contributed by atoms with Gasteiger partial charge in [-0.3, -0.25) is 0 Å². The number of hydrogen-bond acceptors (Lipinski definition) is 4. The van der Waals surface area contributed by atoms with Gasteiger partial charge in [0.25, 0.3) is 0 Å². The lowest BCUT2D eigenvalue weighted by atomic mass is 10.1. The van der Waals surface area contributed by atoms with Crippen LogP contribution in [0.15, 0.2) is 18.2 Å². The average Bonchev–Trinajstić information content (AvgIpc) is 2.66. The zero-order valence-corrected chi connectivity index (χ0v) is 10.6. The summed E-state index contributed by atoms with van der Waals surface area (Å²) in [6.07, 6.45) is 1.60. The zero-order chi connectivity index (χ0) is 12.5. The largest absolute Gasteiger partial charge is 0.492 e. The number of aromatic nitrogens is 1. The topological polar surface area (TPSA) is 48.1 Å². The van der Waals surface area contributed by atoms with Crippen molar-refractivity contribution in [3.63, 3.8) is 0 Å². The standard InChI is InChI=1S/C13H13FN2OS/c14-8-1-2-9-10(7-8)17-6-4-11-13(9)16-12(18-11)3-5-15/h1-2,7H,3-6,15H2. The molecule has 3 nitrogen and oxygen atoms in total. The van der Waals surface area contributed by atoms with E-state index in [9.17, 15) is 4.39 Å². The number of hydrogen-bond donors (Lipinski definition) is 1. The first kappa shape index (κ1) is 11.6. The summed E-state index contributed by atoms with van der Waals surface area (Å²) < 4.78 is 18.8. The fourth-order valence-electron chi connectivity index (χ4n) is 2.08. The summed E-state index contributed by atoms with van der Waals surface area (Å²) in [5.74, 6) is 0.299. The van der Waals surface area contributed by atoms with Crippen LogP contribution < -0.4 is 10.5 Å². The molecule has 0 saturated carbocycles. The minimum atomic E-state index is -0.283. The predicted octanol–water partition coefficient (Wildman–Crippen LogP) is 2.39. The summed E-state index contributed by atoms with van der Waals surface area (Å²) in [5, 5.41) is 1.04. The number of benzene rings is 1. The van der Waals surface area contributed by atoms with Crippen LogP contribution in [0.1, 0.15) is 9.88 Å². The number of nitrogens with zero attached hydrogens (tertiary/aromatic N) is 1. The van der Waals surface area contributed by atoms with E-state index < -0.39 is 0 Å². The molecule has 0 bridgehead atoms. The maximum atomic E-state index is 13.2. The van der Waals surface area contributed by atoms with Crippen LogP contribution in [0.2, 0.25) is 0 Å². The Hall–Kier alpha value is -1.46. The van der Waals surface area contributed by atoms with Gasteiger partial charge in [0.05, 0.1) is 17.3 Å². The number of nitrogens with two attached hydrogens (primary N) is 1. The second kappa shape index (κ2) is 4.66. The molecule has 0 atom stereocenters. The summed E-state index contributed by atoms with van der Waals surface area (Å²) in [6, 6.07) is 4.60. The predicted molar refractivity (Wildman–Crippen MR) is 69.5 cm³/mol. The molecule has 18 heavy (non-hydrogen) atoms. The lowest BCUT2D eigenvalue weighted by Gasteiger charge is -2.06. The van der Waals surface area contributed by atoms with Gasteiger partial charge in [0.15, 0.2) is 0 Å². The van der Waals surface area contributed by atoms with Crippen LogP contribution in [-0.4, -0.2) is 18.1 Å². The Balaban J connectivity index is 2.11. The summed E-state index contributed by atoms with van der Waals surface area (Å²) in [7, 11) is 0. The highest BCUT2D eigenvalue weighted by atomic mass is 32.1. The van der Waals surface area contributed by atoms with E-state index in [-0.39, 0.29) is 5.82 Å². The van der Waals surface area contributed by atoms with Crippen molar-refractivity contribution >= 4 is 11.3 Å². The third-order valence-corrected chi connectivity index (χ3v) is 4.06. The van der Waals surface area contributed by atoms with Gasteiger partial charge in [0.1, 0.15) is 11.6 Å². The molecule has 94 valence electrons. The number of halogens is 1. The van der Waals surface area contributed by atoms with Crippen molar-refractivity contribution in [3.05, 3.63) is 33.9 Å². The van der Waals surface area contributed by atoms with E-state index in [1.54, 1.807) is 17.4 Å². The quantitative estimate of drug-likeness (QED) is 0.906. The molecule has 0 spiro atoms. The highest BCUT2D eigenvalue weighted by Crippen LogP contribution is 2.37. The minimum Gasteiger partial charge on any atom is -0.492 e. The summed E-state index contributed by atoms with van der Waals surface area (Å²) in [4.78, 5) is 5.81. The Morgan fingerprint density at radius 2 is 2.33 bits per heavy atom. The number of ether oxygens (including phenoxy) is 1. The maximum Gasteiger partial charge on any atom is 0.131 e. The second-order valence-corrected chi connectivity index (χ2v) is 5.33. The van der Waals surface area contributed by atoms with Crippen LogP contribution in [0.4, 0.5) is 4.39 Å². The smallest absolute Gasteiger partial charge is 0.131 e. The van der Waals surface area contributed by atoms with Gasteiger partial charge in [-0.1, -0.05) is 0 Å². The van der Waals surface area contributed by atoms with Crippen molar-refractivity contribution in [2.24, 2.45) is 5.73 Å². The Morgan fingerprint density at radius 1 is 1.44 bits per heavy atom. The molecule has 0 unspecified atom stereocenters. The van der Waals surface area contributed by atoms with Gasteiger partial charge in [-0.25, -0.2) is 9.37 Å². The molecule has 0 amide bonds. The Kier molecular flexibility index (Phi) is 3.01. The highest BCUT2D eigenvalue weighted by Gasteiger charge is 2.20. The molecule has 2 N–H and O–H groups in total. The van der Waals surface area contributed by atoms with Crippen molar-refractivity contribution in [3.8, 4) is 17.0 Å². The molecule has 1 aromatic carbocycles. The fourth-order valence-corrected chi connectivity index (χ4v) is 3.15. The summed E-state index contributed by atoms with van der Waals surface area (Å²) in [5.41, 5.74) is 7.36. The molecular formula is C13H13FN2OS. The monoisotopic (exact) mass is 264 g/mol. The van der Waals surface area contributed by atoms with Crippen molar-refractivity contribution in [1.29, 1.82) is 0 Å². The zero-order valence-electron chi connectivity index (χ0n) is 9.78. The maximum absolute atomic E-state index is 13.2. The van der Waals surface area contributed by atoms with E-state index in [1.807, 2.05) is 0 Å². The van der Waals surface area contributed by atoms with E-state index in [2.05, 4.69) is 4.98 Å². The molecular weight excluding hydrogens is 251 g/mol. The first-order valence-corrected chi connectivity index (χ1v) is 6.71. The molecule has 1 aliphatic heterocycles. The summed E-state index contributed by atoms with van der Waals surface area (Å²) >= 11 is 1.68. The number of fused-ring (bicyclic) bond motifs is 3. The molecule has 0 fully saturated rings. The van der Waals surface area contributed by atoms with E-state index in [0.717, 1.165) is 29.1 Å². The molecule has 2 heterocycles. The minimum absolute atomic E-state index is 0.283. The fraction of sp³-hybridized carbons (Fsp3) is 0.308. The van der Waals surface area contributed by atoms with Crippen LogP contribution in [0.3, 0.4) is 0 Å². The first-order chi connectivity index (χ1) is 8.78. The van der Waals surface area contributed by atoms with Gasteiger partial charge in [-0.15, -0.1) is 11.3 Å². The molecule has 1 aliphatic rings. The van der Waals surface area contributed by atoms with E-state index >= 15 is 0 Å². The molecule has 5 heteroatoms. The van der Waals surface area contributed by atoms with E-state index in [0.29, 0.717) is 18.9 Å². The van der Waals surface area contributed by atoms with E-state index in [1.165, 1.54) is 17.0 Å². The van der Waals surface area contributed by atoms with Crippen molar-refractivity contribution in [1.82, 2.24) is 4.98 Å². The third kappa shape index (κ3) is 2.00. The lowest BCUT2D eigenvalue weighted by molar-refractivity contribution is 0.325. The van der Waals surface area contributed by atoms with Gasteiger partial charge in [0, 0.05) is 29.3 Å². The van der Waals surface area contributed by atoms with Crippen LogP contribution in [0.5, 0.6) is 5.75 Å². The molecule has 3 rings (SSSR count). The van der Waals surface area contributed by atoms with Crippen LogP contribution in [0, 0.1) is 5.82 Å². The molecule has 0 radical (unpaired) electrons. The van der Waals surface area contributed by atoms with E-state index in [4.69, 9.17) is 10.5 Å². The van der Waals surface area contributed by atoms with Crippen LogP contribution >= 0.6 is 11.3 Å².